The van der Waals surface area contributed by atoms with Gasteiger partial charge < -0.3 is 20.5 Å². The zero-order valence-corrected chi connectivity index (χ0v) is 19.1. The third-order valence-corrected chi connectivity index (χ3v) is 5.87. The van der Waals surface area contributed by atoms with Gasteiger partial charge in [0.25, 0.3) is 0 Å². The molecule has 0 radical (unpaired) electrons. The molecule has 1 aliphatic heterocycles. The van der Waals surface area contributed by atoms with Crippen LogP contribution in [0.2, 0.25) is 0 Å². The maximum absolute atomic E-state index is 11.9. The predicted octanol–water partition coefficient (Wildman–Crippen LogP) is 2.64. The van der Waals surface area contributed by atoms with E-state index in [1.807, 2.05) is 36.5 Å². The van der Waals surface area contributed by atoms with Crippen LogP contribution in [0.3, 0.4) is 0 Å². The quantitative estimate of drug-likeness (QED) is 0.337. The third-order valence-electron chi connectivity index (χ3n) is 5.87. The number of alkyl carbamates (subject to hydrolysis) is 1. The number of terminal acetylenes is 1. The molecular formula is C25H26N6O4. The van der Waals surface area contributed by atoms with Gasteiger partial charge in [-0.05, 0) is 36.2 Å². The number of hydrogen-bond acceptors (Lipinski definition) is 7. The summed E-state index contributed by atoms with van der Waals surface area (Å²) in [5.74, 6) is 1.50. The van der Waals surface area contributed by atoms with E-state index in [0.717, 1.165) is 22.3 Å². The van der Waals surface area contributed by atoms with Crippen molar-refractivity contribution < 1.29 is 19.4 Å². The Kier molecular flexibility index (Phi) is 7.28. The maximum Gasteiger partial charge on any atom is 0.407 e. The summed E-state index contributed by atoms with van der Waals surface area (Å²) in [6, 6.07) is 8.90. The molecule has 0 bridgehead atoms. The molecule has 2 atom stereocenters. The van der Waals surface area contributed by atoms with Gasteiger partial charge in [-0.25, -0.2) is 14.3 Å². The average Bonchev–Trinajstić information content (AvgIpc) is 3.27. The van der Waals surface area contributed by atoms with Gasteiger partial charge in [0.15, 0.2) is 5.82 Å². The third kappa shape index (κ3) is 5.59. The van der Waals surface area contributed by atoms with Gasteiger partial charge in [0.2, 0.25) is 0 Å². The lowest BCUT2D eigenvalue weighted by molar-refractivity contribution is -0.144. The number of anilines is 2. The normalized spacial score (nSPS) is 17.9. The fraction of sp³-hybridized carbons (Fsp3) is 0.280. The molecular weight excluding hydrogens is 448 g/mol. The van der Waals surface area contributed by atoms with Crippen LogP contribution in [-0.2, 0) is 16.1 Å². The fourth-order valence-electron chi connectivity index (χ4n) is 4.22. The Morgan fingerprint density at radius 2 is 2.23 bits per heavy atom. The molecule has 3 N–H and O–H groups in total. The fourth-order valence-corrected chi connectivity index (χ4v) is 4.22. The highest BCUT2D eigenvalue weighted by Crippen LogP contribution is 2.26. The van der Waals surface area contributed by atoms with E-state index in [-0.39, 0.29) is 13.2 Å². The zero-order valence-electron chi connectivity index (χ0n) is 19.1. The van der Waals surface area contributed by atoms with Crippen molar-refractivity contribution in [3.63, 3.8) is 0 Å². The topological polar surface area (TPSA) is 121 Å². The Morgan fingerprint density at radius 3 is 3.00 bits per heavy atom. The van der Waals surface area contributed by atoms with Crippen molar-refractivity contribution in [2.45, 2.75) is 19.0 Å². The molecule has 4 rings (SSSR count). The summed E-state index contributed by atoms with van der Waals surface area (Å²) in [6.07, 6.45) is 10.1. The van der Waals surface area contributed by atoms with E-state index < -0.39 is 24.0 Å². The number of amides is 1. The summed E-state index contributed by atoms with van der Waals surface area (Å²) in [5.41, 5.74) is 3.29. The highest BCUT2D eigenvalue weighted by atomic mass is 16.5. The number of carbonyl (C=O) groups is 2. The van der Waals surface area contributed by atoms with Crippen molar-refractivity contribution in [2.24, 2.45) is 5.92 Å². The van der Waals surface area contributed by atoms with Crippen LogP contribution in [0.25, 0.3) is 5.52 Å². The number of benzene rings is 1. The van der Waals surface area contributed by atoms with Crippen LogP contribution in [0.15, 0.2) is 55.5 Å². The highest BCUT2D eigenvalue weighted by Gasteiger charge is 2.35. The highest BCUT2D eigenvalue weighted by molar-refractivity contribution is 5.77. The smallest absolute Gasteiger partial charge is 0.407 e. The van der Waals surface area contributed by atoms with E-state index in [0.29, 0.717) is 25.3 Å². The Balaban J connectivity index is 1.51. The molecule has 1 fully saturated rings. The van der Waals surface area contributed by atoms with Gasteiger partial charge in [-0.2, -0.15) is 5.10 Å². The van der Waals surface area contributed by atoms with Crippen molar-refractivity contribution in [1.82, 2.24) is 24.8 Å². The van der Waals surface area contributed by atoms with Crippen LogP contribution in [0.4, 0.5) is 16.3 Å². The van der Waals surface area contributed by atoms with E-state index >= 15 is 0 Å². The van der Waals surface area contributed by atoms with Gasteiger partial charge in [0.05, 0.1) is 5.92 Å². The van der Waals surface area contributed by atoms with Gasteiger partial charge in [-0.3, -0.25) is 9.69 Å². The Bertz CT molecular complexity index is 1280. The molecule has 1 amide bonds. The molecule has 3 aromatic rings. The lowest BCUT2D eigenvalue weighted by atomic mass is 9.92. The molecule has 2 aromatic heterocycles. The first kappa shape index (κ1) is 23.8. The standard InChI is InChI=1S/C25H26N6O4/c1-3-12-35-25(34)29-21-9-10-30(15-20(21)24(32)33)14-18-8-11-31-22(18)23(26-16-27-31)28-19-7-5-6-17(4-2)13-19/h2-3,5-8,11,13,16,20-21H,1,9-10,12,14-15H2,(H,29,34)(H,32,33)(H,26,27,28)/t20-,21-/m1/s1. The molecule has 10 nitrogen and oxygen atoms in total. The number of aromatic nitrogens is 3. The van der Waals surface area contributed by atoms with Gasteiger partial charge in [0, 0.05) is 43.1 Å². The minimum Gasteiger partial charge on any atom is -0.481 e. The number of carbonyl (C=O) groups excluding carboxylic acids is 1. The molecule has 0 saturated carbocycles. The first-order valence-corrected chi connectivity index (χ1v) is 11.1. The first-order valence-electron chi connectivity index (χ1n) is 11.1. The summed E-state index contributed by atoms with van der Waals surface area (Å²) in [7, 11) is 0. The largest absolute Gasteiger partial charge is 0.481 e. The lowest BCUT2D eigenvalue weighted by Crippen LogP contribution is -2.53. The molecule has 1 saturated heterocycles. The van der Waals surface area contributed by atoms with Crippen molar-refractivity contribution >= 4 is 29.1 Å². The number of fused-ring (bicyclic) bond motifs is 1. The summed E-state index contributed by atoms with van der Waals surface area (Å²) in [5, 5.41) is 20.1. The van der Waals surface area contributed by atoms with Crippen LogP contribution in [0, 0.1) is 18.3 Å². The Labute approximate surface area is 202 Å². The van der Waals surface area contributed by atoms with Crippen molar-refractivity contribution in [2.75, 3.05) is 25.0 Å². The van der Waals surface area contributed by atoms with Crippen LogP contribution < -0.4 is 10.6 Å². The van der Waals surface area contributed by atoms with Crippen molar-refractivity contribution in [1.29, 1.82) is 0 Å². The number of ether oxygens (including phenoxy) is 1. The van der Waals surface area contributed by atoms with E-state index in [1.165, 1.54) is 12.4 Å². The molecule has 10 heteroatoms. The monoisotopic (exact) mass is 474 g/mol. The lowest BCUT2D eigenvalue weighted by Gasteiger charge is -2.36. The van der Waals surface area contributed by atoms with E-state index in [2.05, 4.69) is 38.1 Å². The Hall–Kier alpha value is -4.36. The maximum atomic E-state index is 11.9. The van der Waals surface area contributed by atoms with Crippen molar-refractivity contribution in [3.05, 3.63) is 66.6 Å². The number of nitrogens with one attached hydrogen (secondary N) is 2. The second kappa shape index (κ2) is 10.7. The summed E-state index contributed by atoms with van der Waals surface area (Å²) in [6.45, 7) is 4.95. The zero-order chi connectivity index (χ0) is 24.8. The van der Waals surface area contributed by atoms with Crippen LogP contribution in [-0.4, -0.2) is 62.4 Å². The minimum atomic E-state index is -0.968. The van der Waals surface area contributed by atoms with E-state index in [9.17, 15) is 14.7 Å². The summed E-state index contributed by atoms with van der Waals surface area (Å²) >= 11 is 0. The van der Waals surface area contributed by atoms with E-state index in [4.69, 9.17) is 11.2 Å². The van der Waals surface area contributed by atoms with E-state index in [1.54, 1.807) is 4.52 Å². The summed E-state index contributed by atoms with van der Waals surface area (Å²) < 4.78 is 6.68. The predicted molar refractivity (Wildman–Crippen MR) is 130 cm³/mol. The second-order valence-corrected chi connectivity index (χ2v) is 8.20. The number of hydrogen-bond donors (Lipinski definition) is 3. The first-order chi connectivity index (χ1) is 17.0. The van der Waals surface area contributed by atoms with Gasteiger partial charge >= 0.3 is 12.1 Å². The van der Waals surface area contributed by atoms with Gasteiger partial charge in [0.1, 0.15) is 18.5 Å². The average molecular weight is 475 g/mol. The molecule has 0 aliphatic carbocycles. The molecule has 180 valence electrons. The molecule has 0 spiro atoms. The number of carboxylic acids is 1. The molecule has 1 aliphatic rings. The molecule has 3 heterocycles. The van der Waals surface area contributed by atoms with Crippen LogP contribution >= 0.6 is 0 Å². The number of likely N-dealkylation sites (tertiary alicyclic amines) is 1. The second-order valence-electron chi connectivity index (χ2n) is 8.20. The van der Waals surface area contributed by atoms with Gasteiger partial charge in [-0.15, -0.1) is 6.42 Å². The SMILES string of the molecule is C#Cc1cccc(Nc2ncnn3ccc(CN4CC[C@@H](NC(=O)OCC=C)[C@H](C(=O)O)C4)c23)c1. The number of aliphatic carboxylic acids is 1. The van der Waals surface area contributed by atoms with Crippen LogP contribution in [0.5, 0.6) is 0 Å². The minimum absolute atomic E-state index is 0.0651. The molecule has 1 aromatic carbocycles. The Morgan fingerprint density at radius 1 is 1.37 bits per heavy atom. The molecule has 0 unspecified atom stereocenters. The number of piperidine rings is 1. The number of nitrogens with zero attached hydrogens (tertiary/aromatic N) is 4. The van der Waals surface area contributed by atoms with Gasteiger partial charge in [-0.1, -0.05) is 24.6 Å². The summed E-state index contributed by atoms with van der Waals surface area (Å²) in [4.78, 5) is 30.3. The number of rotatable bonds is 8. The molecule has 35 heavy (non-hydrogen) atoms. The number of carboxylic acid groups (broad SMARTS) is 1. The van der Waals surface area contributed by atoms with Crippen molar-refractivity contribution in [3.8, 4) is 12.3 Å². The van der Waals surface area contributed by atoms with Crippen LogP contribution in [0.1, 0.15) is 17.5 Å².